The van der Waals surface area contributed by atoms with E-state index in [2.05, 4.69) is 39.5 Å². The molecule has 0 aromatic rings. The largest absolute Gasteiger partial charge is 0.481 e. The van der Waals surface area contributed by atoms with Crippen LogP contribution >= 0.6 is 0 Å². The van der Waals surface area contributed by atoms with Crippen LogP contribution in [0.3, 0.4) is 0 Å². The van der Waals surface area contributed by atoms with Crippen LogP contribution in [0.4, 0.5) is 0 Å². The average Bonchev–Trinajstić information content (AvgIpc) is 2.82. The van der Waals surface area contributed by atoms with Crippen LogP contribution in [-0.4, -0.2) is 89.4 Å². The maximum absolute atomic E-state index is 11.1. The van der Waals surface area contributed by atoms with Gasteiger partial charge in [-0.1, -0.05) is 39.5 Å². The molecule has 2 aliphatic carbocycles. The molecule has 0 spiro atoms. The van der Waals surface area contributed by atoms with Gasteiger partial charge in [0.05, 0.1) is 35.0 Å². The Labute approximate surface area is 232 Å². The first kappa shape index (κ1) is 35.7. The highest BCUT2D eigenvalue weighted by Crippen LogP contribution is 2.41. The maximum atomic E-state index is 11.1. The van der Waals surface area contributed by atoms with E-state index in [4.69, 9.17) is 40.9 Å². The molecule has 0 aliphatic heterocycles. The molecule has 0 saturated carbocycles. The summed E-state index contributed by atoms with van der Waals surface area (Å²) in [7, 11) is 0. The quantitative estimate of drug-likeness (QED) is 0.210. The summed E-state index contributed by atoms with van der Waals surface area (Å²) >= 11 is 0. The van der Waals surface area contributed by atoms with Gasteiger partial charge in [-0.05, 0) is 40.4 Å². The molecule has 0 amide bonds. The number of hydrogen-bond acceptors (Lipinski definition) is 8. The van der Waals surface area contributed by atoms with Crippen molar-refractivity contribution in [3.8, 4) is 0 Å². The Morgan fingerprint density at radius 3 is 0.927 bits per heavy atom. The van der Waals surface area contributed by atoms with E-state index in [-0.39, 0.29) is 40.0 Å². The number of aliphatic carboxylic acids is 6. The molecule has 0 saturated heterocycles. The molecule has 41 heavy (non-hydrogen) atoms. The fourth-order valence-electron chi connectivity index (χ4n) is 3.56. The maximum Gasteiger partial charge on any atom is 0.337 e. The van der Waals surface area contributed by atoms with Gasteiger partial charge in [0.25, 0.3) is 0 Å². The predicted molar refractivity (Wildman–Crippen MR) is 140 cm³/mol. The van der Waals surface area contributed by atoms with Crippen LogP contribution < -0.4 is 0 Å². The number of aliphatic hydroxyl groups excluding tert-OH is 2. The van der Waals surface area contributed by atoms with Crippen molar-refractivity contribution < 1.29 is 69.6 Å². The summed E-state index contributed by atoms with van der Waals surface area (Å²) < 4.78 is 0. The summed E-state index contributed by atoms with van der Waals surface area (Å²) in [5, 5.41) is 69.9. The molecule has 0 heterocycles. The van der Waals surface area contributed by atoms with Crippen molar-refractivity contribution in [1.82, 2.24) is 0 Å². The van der Waals surface area contributed by atoms with E-state index >= 15 is 0 Å². The SMILES string of the molecule is C=C1C(=C)C(C(=O)O)C(=C)C(C(=O)O)=C1C(=O)O.C=C1C(=C)C(C(=O)O)C(=C)C(C(=O)O)=C1C(=O)O.CC(O)CO. The van der Waals surface area contributed by atoms with Gasteiger partial charge in [0.1, 0.15) is 11.8 Å². The van der Waals surface area contributed by atoms with Crippen molar-refractivity contribution in [2.24, 2.45) is 11.8 Å². The summed E-state index contributed by atoms with van der Waals surface area (Å²) in [6.45, 7) is 21.8. The molecule has 220 valence electrons. The van der Waals surface area contributed by atoms with Crippen LogP contribution in [0.5, 0.6) is 0 Å². The predicted octanol–water partition coefficient (Wildman–Crippen LogP) is 1.03. The highest BCUT2D eigenvalue weighted by Gasteiger charge is 2.41. The number of carboxylic acids is 6. The van der Waals surface area contributed by atoms with Gasteiger partial charge in [0.15, 0.2) is 0 Å². The Kier molecular flexibility index (Phi) is 12.3. The lowest BCUT2D eigenvalue weighted by Crippen LogP contribution is -2.29. The van der Waals surface area contributed by atoms with E-state index in [9.17, 15) is 28.8 Å². The molecule has 8 N–H and O–H groups in total. The van der Waals surface area contributed by atoms with Crippen LogP contribution in [0, 0.1) is 11.8 Å². The summed E-state index contributed by atoms with van der Waals surface area (Å²) in [5.41, 5.74) is -3.64. The van der Waals surface area contributed by atoms with Gasteiger partial charge in [-0.25, -0.2) is 19.2 Å². The van der Waals surface area contributed by atoms with Crippen LogP contribution in [0.2, 0.25) is 0 Å². The van der Waals surface area contributed by atoms with Gasteiger partial charge in [-0.15, -0.1) is 0 Å². The minimum atomic E-state index is -1.56. The number of carbonyl (C=O) groups is 6. The first-order chi connectivity index (χ1) is 18.7. The highest BCUT2D eigenvalue weighted by molar-refractivity contribution is 6.10. The van der Waals surface area contributed by atoms with Gasteiger partial charge in [-0.2, -0.15) is 0 Å². The lowest BCUT2D eigenvalue weighted by atomic mass is 9.75. The molecule has 0 fully saturated rings. The Hall–Kier alpha value is -5.34. The second-order valence-electron chi connectivity index (χ2n) is 8.35. The van der Waals surface area contributed by atoms with Crippen molar-refractivity contribution in [2.75, 3.05) is 6.61 Å². The topological polar surface area (TPSA) is 264 Å². The normalized spacial score (nSPS) is 19.4. The van der Waals surface area contributed by atoms with Gasteiger partial charge < -0.3 is 40.9 Å². The molecule has 3 unspecified atom stereocenters. The molecule has 0 aromatic heterocycles. The highest BCUT2D eigenvalue weighted by atomic mass is 16.4. The lowest BCUT2D eigenvalue weighted by Gasteiger charge is -2.27. The molecule has 14 heteroatoms. The molecule has 2 rings (SSSR count). The third-order valence-electron chi connectivity index (χ3n) is 5.53. The van der Waals surface area contributed by atoms with Crippen LogP contribution in [-0.2, 0) is 28.8 Å². The summed E-state index contributed by atoms with van der Waals surface area (Å²) in [4.78, 5) is 66.3. The standard InChI is InChI=1S/2C12H10O6.C3H8O2/c2*1-4-5(2)8(11(15)16)9(12(17)18)6(3)7(4)10(13)14;1-3(5)2-4/h2*7H,1-3H2,(H,13,14)(H,15,16)(H,17,18);3-5H,2H2,1H3. The molecular weight excluding hydrogens is 548 g/mol. The van der Waals surface area contributed by atoms with Crippen molar-refractivity contribution in [3.63, 3.8) is 0 Å². The van der Waals surface area contributed by atoms with Crippen LogP contribution in [0.15, 0.2) is 95.2 Å². The van der Waals surface area contributed by atoms with E-state index in [0.29, 0.717) is 0 Å². The average molecular weight is 577 g/mol. The van der Waals surface area contributed by atoms with Gasteiger partial charge in [0, 0.05) is 0 Å². The molecule has 3 atom stereocenters. The molecule has 0 radical (unpaired) electrons. The summed E-state index contributed by atoms with van der Waals surface area (Å²) in [6, 6.07) is 0. The van der Waals surface area contributed by atoms with Gasteiger partial charge in [0.2, 0.25) is 0 Å². The first-order valence-corrected chi connectivity index (χ1v) is 11.0. The van der Waals surface area contributed by atoms with E-state index in [0.717, 1.165) is 0 Å². The zero-order chi connectivity index (χ0) is 32.7. The van der Waals surface area contributed by atoms with Crippen molar-refractivity contribution >= 4 is 35.8 Å². The second kappa shape index (κ2) is 14.2. The Balaban J connectivity index is 0.000000671. The van der Waals surface area contributed by atoms with Gasteiger partial charge >= 0.3 is 35.8 Å². The first-order valence-electron chi connectivity index (χ1n) is 11.0. The van der Waals surface area contributed by atoms with Crippen molar-refractivity contribution in [2.45, 2.75) is 13.0 Å². The minimum absolute atomic E-state index is 0.0742. The Bertz CT molecular complexity index is 1270. The number of carboxylic acid groups (broad SMARTS) is 6. The summed E-state index contributed by atoms with van der Waals surface area (Å²) in [6.07, 6.45) is -0.560. The monoisotopic (exact) mass is 576 g/mol. The van der Waals surface area contributed by atoms with Crippen molar-refractivity contribution in [3.05, 3.63) is 95.2 Å². The van der Waals surface area contributed by atoms with E-state index < -0.39 is 76.0 Å². The van der Waals surface area contributed by atoms with E-state index in [1.54, 1.807) is 0 Å². The molecule has 0 bridgehead atoms. The minimum Gasteiger partial charge on any atom is -0.481 e. The van der Waals surface area contributed by atoms with E-state index in [1.807, 2.05) is 0 Å². The molecule has 14 nitrogen and oxygen atoms in total. The Morgan fingerprint density at radius 1 is 0.561 bits per heavy atom. The molecule has 2 aliphatic rings. The second-order valence-corrected chi connectivity index (χ2v) is 8.35. The van der Waals surface area contributed by atoms with E-state index in [1.165, 1.54) is 6.92 Å². The number of rotatable bonds is 7. The van der Waals surface area contributed by atoms with Crippen LogP contribution in [0.1, 0.15) is 6.92 Å². The number of hydrogen-bond donors (Lipinski definition) is 8. The number of aliphatic hydroxyl groups is 2. The molecular formula is C27H28O14. The molecule has 0 aromatic carbocycles. The van der Waals surface area contributed by atoms with Crippen molar-refractivity contribution in [1.29, 1.82) is 0 Å². The van der Waals surface area contributed by atoms with Gasteiger partial charge in [-0.3, -0.25) is 9.59 Å². The zero-order valence-electron chi connectivity index (χ0n) is 21.7. The third-order valence-corrected chi connectivity index (χ3v) is 5.53. The fraction of sp³-hybridized carbons (Fsp3) is 0.185. The Morgan fingerprint density at radius 2 is 0.780 bits per heavy atom. The summed E-state index contributed by atoms with van der Waals surface area (Å²) in [5.74, 6) is -11.6. The fourth-order valence-corrected chi connectivity index (χ4v) is 3.56. The third kappa shape index (κ3) is 7.84. The van der Waals surface area contributed by atoms with Crippen LogP contribution in [0.25, 0.3) is 0 Å². The lowest BCUT2D eigenvalue weighted by molar-refractivity contribution is -0.140. The smallest absolute Gasteiger partial charge is 0.337 e. The zero-order valence-corrected chi connectivity index (χ0v) is 21.7.